The fraction of sp³-hybridized carbons (Fsp3) is 0.185. The Balaban J connectivity index is 1.93. The summed E-state index contributed by atoms with van der Waals surface area (Å²) in [6, 6.07) is 19.8. The third-order valence-electron chi connectivity index (χ3n) is 5.43. The van der Waals surface area contributed by atoms with Crippen molar-refractivity contribution in [3.63, 3.8) is 0 Å². The molecule has 0 aliphatic carbocycles. The Morgan fingerprint density at radius 2 is 1.56 bits per heavy atom. The zero-order valence-corrected chi connectivity index (χ0v) is 19.6. The average Bonchev–Trinajstić information content (AvgIpc) is 3.10. The lowest BCUT2D eigenvalue weighted by molar-refractivity contribution is -0.132. The summed E-state index contributed by atoms with van der Waals surface area (Å²) < 4.78 is 11.2. The third kappa shape index (κ3) is 4.50. The molecule has 3 aromatic rings. The number of ether oxygens (including phenoxy) is 2. The van der Waals surface area contributed by atoms with E-state index in [1.165, 1.54) is 4.90 Å². The summed E-state index contributed by atoms with van der Waals surface area (Å²) in [7, 11) is 0. The molecule has 0 spiro atoms. The first-order valence-corrected chi connectivity index (χ1v) is 11.3. The van der Waals surface area contributed by atoms with E-state index in [0.717, 1.165) is 0 Å². The molecular formula is C27H24ClNO5. The van der Waals surface area contributed by atoms with Gasteiger partial charge in [0.05, 0.1) is 24.8 Å². The highest BCUT2D eigenvalue weighted by Gasteiger charge is 2.47. The number of halogens is 1. The molecule has 34 heavy (non-hydrogen) atoms. The van der Waals surface area contributed by atoms with E-state index in [2.05, 4.69) is 0 Å². The maximum atomic E-state index is 13.3. The van der Waals surface area contributed by atoms with Crippen LogP contribution in [0.15, 0.2) is 78.4 Å². The molecule has 174 valence electrons. The number of carbonyl (C=O) groups excluding carboxylic acids is 2. The van der Waals surface area contributed by atoms with Gasteiger partial charge in [-0.05, 0) is 55.8 Å². The number of hydrogen-bond donors (Lipinski definition) is 1. The number of Topliss-reactive ketones (excluding diaryl/α,β-unsaturated/α-hetero) is 1. The minimum Gasteiger partial charge on any atom is -0.507 e. The van der Waals surface area contributed by atoms with Gasteiger partial charge in [-0.1, -0.05) is 41.9 Å². The van der Waals surface area contributed by atoms with Crippen LogP contribution in [0.5, 0.6) is 11.5 Å². The zero-order valence-electron chi connectivity index (χ0n) is 18.8. The molecule has 1 atom stereocenters. The number of ketones is 1. The van der Waals surface area contributed by atoms with Crippen LogP contribution in [0.1, 0.15) is 31.0 Å². The quantitative estimate of drug-likeness (QED) is 0.266. The second kappa shape index (κ2) is 10.0. The van der Waals surface area contributed by atoms with E-state index in [-0.39, 0.29) is 11.3 Å². The molecule has 0 aromatic heterocycles. The Morgan fingerprint density at radius 1 is 0.912 bits per heavy atom. The van der Waals surface area contributed by atoms with Crippen molar-refractivity contribution in [3.8, 4) is 11.5 Å². The number of aliphatic hydroxyl groups is 1. The smallest absolute Gasteiger partial charge is 0.300 e. The van der Waals surface area contributed by atoms with Gasteiger partial charge in [0, 0.05) is 22.3 Å². The van der Waals surface area contributed by atoms with Crippen LogP contribution in [0.3, 0.4) is 0 Å². The summed E-state index contributed by atoms with van der Waals surface area (Å²) in [5, 5.41) is 11.6. The number of amides is 1. The summed E-state index contributed by atoms with van der Waals surface area (Å²) >= 11 is 6.11. The first-order valence-electron chi connectivity index (χ1n) is 11.0. The minimum absolute atomic E-state index is 0.0253. The van der Waals surface area contributed by atoms with Crippen molar-refractivity contribution in [2.45, 2.75) is 19.9 Å². The molecule has 1 unspecified atom stereocenters. The molecule has 1 amide bonds. The molecule has 1 fully saturated rings. The number of hydrogen-bond acceptors (Lipinski definition) is 5. The summed E-state index contributed by atoms with van der Waals surface area (Å²) in [5.41, 5.74) is 1.42. The molecule has 1 heterocycles. The number of benzene rings is 3. The number of anilines is 1. The first-order chi connectivity index (χ1) is 16.4. The van der Waals surface area contributed by atoms with Crippen LogP contribution >= 0.6 is 11.6 Å². The Bertz CT molecular complexity index is 1270. The minimum atomic E-state index is -0.878. The van der Waals surface area contributed by atoms with E-state index in [1.54, 1.807) is 72.8 Å². The van der Waals surface area contributed by atoms with Crippen molar-refractivity contribution in [1.29, 1.82) is 0 Å². The van der Waals surface area contributed by atoms with E-state index in [0.29, 0.717) is 46.5 Å². The van der Waals surface area contributed by atoms with Crippen LogP contribution in [-0.4, -0.2) is 30.0 Å². The predicted molar refractivity (Wildman–Crippen MR) is 131 cm³/mol. The van der Waals surface area contributed by atoms with Gasteiger partial charge in [0.2, 0.25) is 0 Å². The molecule has 3 aromatic carbocycles. The highest BCUT2D eigenvalue weighted by molar-refractivity contribution is 6.51. The van der Waals surface area contributed by atoms with E-state index in [9.17, 15) is 14.7 Å². The van der Waals surface area contributed by atoms with Crippen molar-refractivity contribution >= 4 is 34.7 Å². The lowest BCUT2D eigenvalue weighted by Crippen LogP contribution is -2.29. The lowest BCUT2D eigenvalue weighted by atomic mass is 9.95. The normalized spacial score (nSPS) is 17.1. The van der Waals surface area contributed by atoms with E-state index in [1.807, 2.05) is 13.8 Å². The average molecular weight is 478 g/mol. The molecule has 6 nitrogen and oxygen atoms in total. The van der Waals surface area contributed by atoms with Gasteiger partial charge in [-0.25, -0.2) is 0 Å². The summed E-state index contributed by atoms with van der Waals surface area (Å²) in [5.74, 6) is -0.666. The Kier molecular flexibility index (Phi) is 6.89. The van der Waals surface area contributed by atoms with Gasteiger partial charge in [-0.3, -0.25) is 14.5 Å². The Labute approximate surface area is 203 Å². The molecule has 0 bridgehead atoms. The van der Waals surface area contributed by atoms with Gasteiger partial charge in [0.15, 0.2) is 0 Å². The standard InChI is InChI=1S/C27H24ClNO5/c1-3-33-21-12-6-8-17(15-21)24-23(25(30)18-9-5-10-19(28)14-18)26(31)27(32)29(24)20-11-7-13-22(16-20)34-4-2/h5-16,24,30H,3-4H2,1-2H3/b25-23+. The van der Waals surface area contributed by atoms with Crippen molar-refractivity contribution in [2.24, 2.45) is 0 Å². The predicted octanol–water partition coefficient (Wildman–Crippen LogP) is 5.76. The number of aliphatic hydroxyl groups excluding tert-OH is 1. The second-order valence-electron chi connectivity index (χ2n) is 7.62. The van der Waals surface area contributed by atoms with E-state index >= 15 is 0 Å². The van der Waals surface area contributed by atoms with Crippen molar-refractivity contribution in [2.75, 3.05) is 18.1 Å². The van der Waals surface area contributed by atoms with Crippen LogP contribution in [-0.2, 0) is 9.59 Å². The zero-order chi connectivity index (χ0) is 24.2. The third-order valence-corrected chi connectivity index (χ3v) is 5.67. The largest absolute Gasteiger partial charge is 0.507 e. The topological polar surface area (TPSA) is 76.1 Å². The van der Waals surface area contributed by atoms with Gasteiger partial charge in [-0.2, -0.15) is 0 Å². The van der Waals surface area contributed by atoms with Gasteiger partial charge < -0.3 is 14.6 Å². The highest BCUT2D eigenvalue weighted by atomic mass is 35.5. The molecule has 7 heteroatoms. The number of carbonyl (C=O) groups is 2. The van der Waals surface area contributed by atoms with Crippen LogP contribution in [0.25, 0.3) is 5.76 Å². The maximum Gasteiger partial charge on any atom is 0.300 e. The van der Waals surface area contributed by atoms with E-state index in [4.69, 9.17) is 21.1 Å². The Morgan fingerprint density at radius 3 is 2.24 bits per heavy atom. The molecule has 1 aliphatic heterocycles. The fourth-order valence-electron chi connectivity index (χ4n) is 4.04. The van der Waals surface area contributed by atoms with Crippen molar-refractivity contribution in [1.82, 2.24) is 0 Å². The second-order valence-corrected chi connectivity index (χ2v) is 8.05. The van der Waals surface area contributed by atoms with Crippen LogP contribution < -0.4 is 14.4 Å². The lowest BCUT2D eigenvalue weighted by Gasteiger charge is -2.26. The molecule has 4 rings (SSSR count). The SMILES string of the molecule is CCOc1cccc(C2/C(=C(\O)c3cccc(Cl)c3)C(=O)C(=O)N2c2cccc(OCC)c2)c1. The monoisotopic (exact) mass is 477 g/mol. The van der Waals surface area contributed by atoms with Gasteiger partial charge >= 0.3 is 0 Å². The van der Waals surface area contributed by atoms with Gasteiger partial charge in [-0.15, -0.1) is 0 Å². The molecule has 1 saturated heterocycles. The van der Waals surface area contributed by atoms with Crippen molar-refractivity contribution in [3.05, 3.63) is 94.5 Å². The maximum absolute atomic E-state index is 13.3. The molecular weight excluding hydrogens is 454 g/mol. The van der Waals surface area contributed by atoms with Crippen LogP contribution in [0.4, 0.5) is 5.69 Å². The molecule has 1 aliphatic rings. The van der Waals surface area contributed by atoms with Crippen molar-refractivity contribution < 1.29 is 24.2 Å². The molecule has 0 radical (unpaired) electrons. The summed E-state index contributed by atoms with van der Waals surface area (Å²) in [6.07, 6.45) is 0. The highest BCUT2D eigenvalue weighted by Crippen LogP contribution is 2.43. The number of rotatable bonds is 7. The van der Waals surface area contributed by atoms with Gasteiger partial charge in [0.25, 0.3) is 11.7 Å². The fourth-order valence-corrected chi connectivity index (χ4v) is 4.23. The molecule has 1 N–H and O–H groups in total. The first kappa shape index (κ1) is 23.4. The van der Waals surface area contributed by atoms with Gasteiger partial charge in [0.1, 0.15) is 17.3 Å². The number of nitrogens with zero attached hydrogens (tertiary/aromatic N) is 1. The van der Waals surface area contributed by atoms with E-state index < -0.39 is 17.7 Å². The summed E-state index contributed by atoms with van der Waals surface area (Å²) in [4.78, 5) is 28.0. The van der Waals surface area contributed by atoms with Crippen LogP contribution in [0, 0.1) is 0 Å². The molecule has 0 saturated carbocycles. The van der Waals surface area contributed by atoms with Crippen LogP contribution in [0.2, 0.25) is 5.02 Å². The Hall–Kier alpha value is -3.77. The summed E-state index contributed by atoms with van der Waals surface area (Å²) in [6.45, 7) is 4.65.